The number of non-ortho nitro benzene ring substituents is 1. The number of nitro groups is 1. The van der Waals surface area contributed by atoms with E-state index in [0.29, 0.717) is 0 Å². The molecule has 19 heavy (non-hydrogen) atoms. The number of carbonyl (C=O) groups excluding carboxylic acids is 1. The van der Waals surface area contributed by atoms with Gasteiger partial charge in [0.05, 0.1) is 16.6 Å². The predicted molar refractivity (Wildman–Crippen MR) is 66.5 cm³/mol. The summed E-state index contributed by atoms with van der Waals surface area (Å²) in [6, 6.07) is 1.79. The average molecular weight is 290 g/mol. The van der Waals surface area contributed by atoms with Crippen molar-refractivity contribution in [1.29, 1.82) is 0 Å². The first-order valence-corrected chi connectivity index (χ1v) is 5.84. The summed E-state index contributed by atoms with van der Waals surface area (Å²) >= 11 is 5.41. The molecule has 0 aliphatic carbocycles. The zero-order valence-electron chi connectivity index (χ0n) is 9.69. The van der Waals surface area contributed by atoms with Gasteiger partial charge < -0.3 is 15.3 Å². The van der Waals surface area contributed by atoms with E-state index in [0.717, 1.165) is 12.1 Å². The van der Waals surface area contributed by atoms with E-state index < -0.39 is 28.6 Å². The lowest BCUT2D eigenvalue weighted by Crippen LogP contribution is -2.19. The van der Waals surface area contributed by atoms with Crippen molar-refractivity contribution < 1.29 is 25.0 Å². The summed E-state index contributed by atoms with van der Waals surface area (Å²) in [5, 5.41) is 39.8. The van der Waals surface area contributed by atoms with E-state index in [1.54, 1.807) is 0 Å². The van der Waals surface area contributed by atoms with E-state index in [9.17, 15) is 30.2 Å². The Morgan fingerprint density at radius 3 is 2.53 bits per heavy atom. The van der Waals surface area contributed by atoms with Crippen molar-refractivity contribution in [1.82, 2.24) is 0 Å². The van der Waals surface area contributed by atoms with Crippen molar-refractivity contribution in [2.45, 2.75) is 18.6 Å². The second kappa shape index (κ2) is 6.46. The molecule has 0 aliphatic rings. The van der Waals surface area contributed by atoms with Crippen molar-refractivity contribution in [3.05, 3.63) is 33.4 Å². The molecule has 0 bridgehead atoms. The van der Waals surface area contributed by atoms with Crippen LogP contribution in [0.25, 0.3) is 0 Å². The molecule has 7 nitrogen and oxygen atoms in total. The zero-order valence-corrected chi connectivity index (χ0v) is 10.4. The molecular weight excluding hydrogens is 278 g/mol. The largest absolute Gasteiger partial charge is 0.507 e. The highest BCUT2D eigenvalue weighted by atomic mass is 35.5. The number of carbonyl (C=O) groups is 1. The Bertz CT molecular complexity index is 492. The normalized spacial score (nSPS) is 13.8. The van der Waals surface area contributed by atoms with Crippen molar-refractivity contribution in [2.24, 2.45) is 0 Å². The van der Waals surface area contributed by atoms with Crippen LogP contribution in [0.5, 0.6) is 5.75 Å². The minimum atomic E-state index is -1.57. The van der Waals surface area contributed by atoms with Crippen molar-refractivity contribution in [3.8, 4) is 5.75 Å². The Balaban J connectivity index is 3.28. The van der Waals surface area contributed by atoms with Gasteiger partial charge in [-0.15, -0.1) is 11.6 Å². The molecule has 0 fully saturated rings. The van der Waals surface area contributed by atoms with Crippen LogP contribution in [-0.4, -0.2) is 38.5 Å². The maximum atomic E-state index is 10.7. The second-order valence-corrected chi connectivity index (χ2v) is 4.22. The molecule has 2 atom stereocenters. The lowest BCUT2D eigenvalue weighted by molar-refractivity contribution is -0.385. The standard InChI is InChI=1S/C11H12ClNO6/c12-2-1-9(15)11(17)8-4-7(13(18)19)3-6(5-14)10(8)16/h3-5,9,11,15-17H,1-2H2. The zero-order chi connectivity index (χ0) is 14.6. The Hall–Kier alpha value is -1.70. The minimum absolute atomic E-state index is 0.0290. The number of rotatable bonds is 6. The number of halogens is 1. The van der Waals surface area contributed by atoms with E-state index in [2.05, 4.69) is 0 Å². The number of phenols is 1. The fourth-order valence-corrected chi connectivity index (χ4v) is 1.78. The molecule has 0 saturated heterocycles. The third-order valence-corrected chi connectivity index (χ3v) is 2.80. The number of aldehydes is 1. The Labute approximate surface area is 113 Å². The van der Waals surface area contributed by atoms with Gasteiger partial charge >= 0.3 is 0 Å². The number of benzene rings is 1. The Morgan fingerprint density at radius 2 is 2.05 bits per heavy atom. The highest BCUT2D eigenvalue weighted by Crippen LogP contribution is 2.33. The van der Waals surface area contributed by atoms with Crippen LogP contribution >= 0.6 is 11.6 Å². The van der Waals surface area contributed by atoms with Crippen molar-refractivity contribution in [3.63, 3.8) is 0 Å². The van der Waals surface area contributed by atoms with E-state index in [1.807, 2.05) is 0 Å². The summed E-state index contributed by atoms with van der Waals surface area (Å²) in [6.45, 7) is 0. The SMILES string of the molecule is O=Cc1cc([N+](=O)[O-])cc(C(O)C(O)CCCl)c1O. The molecule has 3 N–H and O–H groups in total. The second-order valence-electron chi connectivity index (χ2n) is 3.84. The van der Waals surface area contributed by atoms with Crippen LogP contribution in [0, 0.1) is 10.1 Å². The van der Waals surface area contributed by atoms with Crippen LogP contribution < -0.4 is 0 Å². The van der Waals surface area contributed by atoms with Gasteiger partial charge in [0.1, 0.15) is 11.9 Å². The van der Waals surface area contributed by atoms with E-state index in [1.165, 1.54) is 0 Å². The number of phenolic OH excluding ortho intramolecular Hbond substituents is 1. The number of aromatic hydroxyl groups is 1. The molecule has 8 heteroatoms. The van der Waals surface area contributed by atoms with Gasteiger partial charge in [0.15, 0.2) is 6.29 Å². The molecule has 0 heterocycles. The summed E-state index contributed by atoms with van der Waals surface area (Å²) in [5.74, 6) is -0.532. The average Bonchev–Trinajstić information content (AvgIpc) is 2.38. The highest BCUT2D eigenvalue weighted by Gasteiger charge is 2.25. The first kappa shape index (κ1) is 15.4. The molecule has 0 amide bonds. The van der Waals surface area contributed by atoms with Gasteiger partial charge in [0, 0.05) is 23.6 Å². The molecule has 0 spiro atoms. The van der Waals surface area contributed by atoms with Crippen molar-refractivity contribution in [2.75, 3.05) is 5.88 Å². The van der Waals surface area contributed by atoms with Gasteiger partial charge in [-0.2, -0.15) is 0 Å². The lowest BCUT2D eigenvalue weighted by atomic mass is 9.98. The van der Waals surface area contributed by atoms with Gasteiger partial charge in [0.25, 0.3) is 5.69 Å². The minimum Gasteiger partial charge on any atom is -0.507 e. The summed E-state index contributed by atoms with van der Waals surface area (Å²) < 4.78 is 0. The summed E-state index contributed by atoms with van der Waals surface area (Å²) in [6.07, 6.45) is -2.62. The number of nitro benzene ring substituents is 1. The molecule has 104 valence electrons. The summed E-state index contributed by atoms with van der Waals surface area (Å²) in [7, 11) is 0. The number of alkyl halides is 1. The van der Waals surface area contributed by atoms with Crippen LogP contribution in [-0.2, 0) is 0 Å². The quantitative estimate of drug-likeness (QED) is 0.312. The van der Waals surface area contributed by atoms with Gasteiger partial charge in [-0.1, -0.05) is 0 Å². The Kier molecular flexibility index (Phi) is 5.22. The van der Waals surface area contributed by atoms with E-state index in [4.69, 9.17) is 11.6 Å². The van der Waals surface area contributed by atoms with Crippen LogP contribution in [0.4, 0.5) is 5.69 Å². The van der Waals surface area contributed by atoms with Crippen LogP contribution in [0.1, 0.15) is 28.4 Å². The highest BCUT2D eigenvalue weighted by molar-refractivity contribution is 6.17. The van der Waals surface area contributed by atoms with Crippen LogP contribution in [0.2, 0.25) is 0 Å². The molecule has 1 aromatic rings. The molecule has 0 saturated carbocycles. The molecular formula is C11H12ClNO6. The molecule has 0 radical (unpaired) electrons. The Morgan fingerprint density at radius 1 is 1.42 bits per heavy atom. The van der Waals surface area contributed by atoms with Crippen LogP contribution in [0.15, 0.2) is 12.1 Å². The van der Waals surface area contributed by atoms with Gasteiger partial charge in [-0.3, -0.25) is 14.9 Å². The number of nitrogens with zero attached hydrogens (tertiary/aromatic N) is 1. The van der Waals surface area contributed by atoms with E-state index in [-0.39, 0.29) is 29.7 Å². The number of aliphatic hydroxyl groups is 2. The number of hydrogen-bond donors (Lipinski definition) is 3. The van der Waals surface area contributed by atoms with Gasteiger partial charge in [-0.25, -0.2) is 0 Å². The van der Waals surface area contributed by atoms with E-state index >= 15 is 0 Å². The first-order valence-electron chi connectivity index (χ1n) is 5.31. The predicted octanol–water partition coefficient (Wildman–Crippen LogP) is 1.14. The topological polar surface area (TPSA) is 121 Å². The fraction of sp³-hybridized carbons (Fsp3) is 0.364. The molecule has 0 aromatic heterocycles. The molecule has 2 unspecified atom stereocenters. The van der Waals surface area contributed by atoms with Gasteiger partial charge in [0.2, 0.25) is 0 Å². The summed E-state index contributed by atoms with van der Waals surface area (Å²) in [5.41, 5.74) is -1.08. The monoisotopic (exact) mass is 289 g/mol. The fourth-order valence-electron chi connectivity index (χ4n) is 1.56. The maximum absolute atomic E-state index is 10.7. The summed E-state index contributed by atoms with van der Waals surface area (Å²) in [4.78, 5) is 20.7. The van der Waals surface area contributed by atoms with Crippen molar-refractivity contribution >= 4 is 23.6 Å². The number of hydrogen-bond acceptors (Lipinski definition) is 6. The number of aliphatic hydroxyl groups excluding tert-OH is 2. The molecule has 0 aliphatic heterocycles. The molecule has 1 rings (SSSR count). The van der Waals surface area contributed by atoms with Crippen LogP contribution in [0.3, 0.4) is 0 Å². The lowest BCUT2D eigenvalue weighted by Gasteiger charge is -2.18. The molecule has 1 aromatic carbocycles. The van der Waals surface area contributed by atoms with Gasteiger partial charge in [-0.05, 0) is 6.42 Å². The third kappa shape index (κ3) is 3.40. The maximum Gasteiger partial charge on any atom is 0.270 e. The first-order chi connectivity index (χ1) is 8.92. The third-order valence-electron chi connectivity index (χ3n) is 2.58. The smallest absolute Gasteiger partial charge is 0.270 e.